The van der Waals surface area contributed by atoms with Crippen LogP contribution in [0.1, 0.15) is 342 Å². The van der Waals surface area contributed by atoms with Gasteiger partial charge in [0.15, 0.2) is 12.2 Å². The molecule has 0 amide bonds. The Hall–Kier alpha value is -2.46. The lowest BCUT2D eigenvalue weighted by atomic mass is 10.0. The highest BCUT2D eigenvalue weighted by Crippen LogP contribution is 2.45. The number of aliphatic hydroxyl groups is 1. The number of aliphatic hydroxyl groups excluding tert-OH is 1. The third-order valence-corrected chi connectivity index (χ3v) is 17.6. The molecule has 0 aliphatic heterocycles. The zero-order chi connectivity index (χ0) is 65.4. The number of allylic oxidation sites excluding steroid dienone is 4. The van der Waals surface area contributed by atoms with Crippen LogP contribution in [-0.2, 0) is 65.4 Å². The van der Waals surface area contributed by atoms with E-state index in [9.17, 15) is 43.2 Å². The first kappa shape index (κ1) is 86.5. The summed E-state index contributed by atoms with van der Waals surface area (Å²) in [5, 5.41) is 10.6. The molecule has 3 N–H and O–H groups in total. The minimum Gasteiger partial charge on any atom is -0.462 e. The second-order valence-electron chi connectivity index (χ2n) is 24.6. The zero-order valence-corrected chi connectivity index (χ0v) is 58.7. The van der Waals surface area contributed by atoms with Crippen molar-refractivity contribution in [2.75, 3.05) is 39.6 Å². The van der Waals surface area contributed by atoms with Crippen LogP contribution >= 0.6 is 15.6 Å². The van der Waals surface area contributed by atoms with Crippen LogP contribution in [0, 0.1) is 0 Å². The maximum Gasteiger partial charge on any atom is 0.472 e. The molecular weight excluding hydrogens is 1170 g/mol. The number of phosphoric ester groups is 2. The summed E-state index contributed by atoms with van der Waals surface area (Å²) in [6.45, 7) is 4.86. The predicted octanol–water partition coefficient (Wildman–Crippen LogP) is 19.8. The van der Waals surface area contributed by atoms with E-state index in [4.69, 9.17) is 37.0 Å². The van der Waals surface area contributed by atoms with Crippen LogP contribution in [0.25, 0.3) is 0 Å². The van der Waals surface area contributed by atoms with E-state index in [0.29, 0.717) is 25.7 Å². The van der Waals surface area contributed by atoms with Gasteiger partial charge in [0.1, 0.15) is 19.3 Å². The normalized spacial score (nSPS) is 14.2. The fourth-order valence-electron chi connectivity index (χ4n) is 10.2. The van der Waals surface area contributed by atoms with Gasteiger partial charge in [-0.2, -0.15) is 0 Å². The first-order valence-electron chi connectivity index (χ1n) is 36.1. The average molecular weight is 1310 g/mol. The van der Waals surface area contributed by atoms with E-state index in [1.165, 1.54) is 161 Å². The van der Waals surface area contributed by atoms with Gasteiger partial charge in [0, 0.05) is 25.7 Å². The number of unbranched alkanes of at least 4 members (excludes halogenated alkanes) is 40. The summed E-state index contributed by atoms with van der Waals surface area (Å²) in [5.41, 5.74) is 0. The molecule has 17 nitrogen and oxygen atoms in total. The van der Waals surface area contributed by atoms with E-state index in [2.05, 4.69) is 52.0 Å². The Morgan fingerprint density at radius 1 is 0.315 bits per heavy atom. The van der Waals surface area contributed by atoms with Crippen molar-refractivity contribution in [3.05, 3.63) is 24.3 Å². The minimum absolute atomic E-state index is 0.0858. The second-order valence-corrected chi connectivity index (χ2v) is 27.5. The number of esters is 4. The first-order chi connectivity index (χ1) is 43.2. The van der Waals surface area contributed by atoms with Gasteiger partial charge in [-0.25, -0.2) is 9.13 Å². The van der Waals surface area contributed by atoms with Gasteiger partial charge < -0.3 is 33.8 Å². The molecule has 0 aromatic rings. The summed E-state index contributed by atoms with van der Waals surface area (Å²) in [6, 6.07) is 0. The van der Waals surface area contributed by atoms with Gasteiger partial charge in [0.05, 0.1) is 26.4 Å². The fourth-order valence-corrected chi connectivity index (χ4v) is 11.7. The molecule has 5 atom stereocenters. The third-order valence-electron chi connectivity index (χ3n) is 15.7. The van der Waals surface area contributed by atoms with Crippen LogP contribution < -0.4 is 0 Å². The van der Waals surface area contributed by atoms with Crippen LogP contribution in [0.15, 0.2) is 24.3 Å². The smallest absolute Gasteiger partial charge is 0.462 e. The molecule has 0 fully saturated rings. The lowest BCUT2D eigenvalue weighted by Crippen LogP contribution is -2.30. The van der Waals surface area contributed by atoms with Gasteiger partial charge in [-0.05, 0) is 51.4 Å². The summed E-state index contributed by atoms with van der Waals surface area (Å²) in [4.78, 5) is 72.4. The molecule has 0 bridgehead atoms. The van der Waals surface area contributed by atoms with Crippen molar-refractivity contribution in [2.24, 2.45) is 0 Å². The molecule has 0 saturated carbocycles. The van der Waals surface area contributed by atoms with E-state index in [1.807, 2.05) is 0 Å². The predicted molar refractivity (Wildman–Crippen MR) is 358 cm³/mol. The van der Waals surface area contributed by atoms with Crippen LogP contribution in [0.4, 0.5) is 0 Å². The van der Waals surface area contributed by atoms with Crippen molar-refractivity contribution in [2.45, 2.75) is 361 Å². The maximum atomic E-state index is 13.0. The van der Waals surface area contributed by atoms with Crippen LogP contribution in [0.3, 0.4) is 0 Å². The topological polar surface area (TPSA) is 237 Å². The van der Waals surface area contributed by atoms with E-state index in [-0.39, 0.29) is 25.7 Å². The average Bonchev–Trinajstić information content (AvgIpc) is 3.69. The van der Waals surface area contributed by atoms with Crippen LogP contribution in [-0.4, -0.2) is 96.7 Å². The molecule has 0 heterocycles. The monoisotopic (exact) mass is 1310 g/mol. The third kappa shape index (κ3) is 64.1. The molecule has 0 saturated heterocycles. The van der Waals surface area contributed by atoms with E-state index in [0.717, 1.165) is 103 Å². The summed E-state index contributed by atoms with van der Waals surface area (Å²) < 4.78 is 68.2. The van der Waals surface area contributed by atoms with Gasteiger partial charge >= 0.3 is 39.5 Å². The Morgan fingerprint density at radius 3 is 0.820 bits per heavy atom. The summed E-state index contributed by atoms with van der Waals surface area (Å²) >= 11 is 0. The highest BCUT2D eigenvalue weighted by atomic mass is 31.2. The Morgan fingerprint density at radius 2 is 0.539 bits per heavy atom. The largest absolute Gasteiger partial charge is 0.472 e. The molecule has 0 aliphatic rings. The summed E-state index contributed by atoms with van der Waals surface area (Å²) in [5.74, 6) is -2.15. The highest BCUT2D eigenvalue weighted by Gasteiger charge is 2.30. The van der Waals surface area contributed by atoms with Gasteiger partial charge in [-0.3, -0.25) is 37.3 Å². The lowest BCUT2D eigenvalue weighted by Gasteiger charge is -2.21. The minimum atomic E-state index is -4.96. The van der Waals surface area contributed by atoms with Gasteiger partial charge in [0.25, 0.3) is 0 Å². The van der Waals surface area contributed by atoms with E-state index >= 15 is 0 Å². The molecule has 89 heavy (non-hydrogen) atoms. The van der Waals surface area contributed by atoms with Crippen molar-refractivity contribution in [3.63, 3.8) is 0 Å². The SMILES string of the molecule is CCCCCC/C=C\C=C/CCCCCCCC(=O)O[C@H](COC(=O)CCCCCCCCCCCCCCCC)COP(=O)(O)OC[C@@H](O)COP(=O)(O)OC[C@@H](COC(=O)CCCCCCCCCCC)OC(=O)CCCCCCCCCCCCC. The molecule has 0 radical (unpaired) electrons. The quantitative estimate of drug-likeness (QED) is 0.0169. The van der Waals surface area contributed by atoms with Gasteiger partial charge in [-0.15, -0.1) is 0 Å². The number of hydrogen-bond acceptors (Lipinski definition) is 15. The summed E-state index contributed by atoms with van der Waals surface area (Å²) in [6.07, 6.45) is 54.8. The number of hydrogen-bond donors (Lipinski definition) is 3. The molecular formula is C70H132O17P2. The first-order valence-corrected chi connectivity index (χ1v) is 39.1. The molecule has 0 aromatic heterocycles. The van der Waals surface area contributed by atoms with Crippen molar-refractivity contribution in [3.8, 4) is 0 Å². The molecule has 0 rings (SSSR count). The van der Waals surface area contributed by atoms with E-state index < -0.39 is 97.5 Å². The maximum absolute atomic E-state index is 13.0. The fraction of sp³-hybridized carbons (Fsp3) is 0.886. The van der Waals surface area contributed by atoms with Gasteiger partial charge in [0.2, 0.25) is 0 Å². The standard InChI is InChI=1S/C70H132O17P2/c1-5-9-13-17-21-25-28-30-32-34-37-41-45-49-53-57-70(75)87-66(61-81-68(73)55-51-47-43-39-36-33-31-29-26-22-18-14-10-6-2)63-85-89(78,79)83-59-64(71)58-82-88(76,77)84-62-65(60-80-67(72)54-50-46-42-38-24-20-16-12-8-4)86-69(74)56-52-48-44-40-35-27-23-19-15-11-7-3/h25,28,30,32,64-66,71H,5-24,26-27,29,31,33-63H2,1-4H3,(H,76,77)(H,78,79)/b28-25-,32-30-/t64-,65+,66+/m0/s1. The molecule has 524 valence electrons. The Balaban J connectivity index is 5.27. The Kier molecular flexibility index (Phi) is 62.5. The van der Waals surface area contributed by atoms with Crippen LogP contribution in [0.5, 0.6) is 0 Å². The number of carbonyl (C=O) groups is 4. The molecule has 0 aliphatic carbocycles. The van der Waals surface area contributed by atoms with Crippen LogP contribution in [0.2, 0.25) is 0 Å². The van der Waals surface area contributed by atoms with E-state index in [1.54, 1.807) is 0 Å². The number of phosphoric acid groups is 2. The summed E-state index contributed by atoms with van der Waals surface area (Å²) in [7, 11) is -9.91. The van der Waals surface area contributed by atoms with Gasteiger partial charge in [-0.1, -0.05) is 290 Å². The Bertz CT molecular complexity index is 1800. The molecule has 0 aromatic carbocycles. The lowest BCUT2D eigenvalue weighted by molar-refractivity contribution is -0.161. The zero-order valence-electron chi connectivity index (χ0n) is 56.9. The number of rotatable bonds is 69. The van der Waals surface area contributed by atoms with Crippen molar-refractivity contribution < 1.29 is 80.2 Å². The molecule has 0 spiro atoms. The molecule has 19 heteroatoms. The second kappa shape index (κ2) is 64.3. The highest BCUT2D eigenvalue weighted by molar-refractivity contribution is 7.47. The van der Waals surface area contributed by atoms with Crippen molar-refractivity contribution in [1.29, 1.82) is 0 Å². The van der Waals surface area contributed by atoms with Crippen molar-refractivity contribution in [1.82, 2.24) is 0 Å². The Labute approximate surface area is 542 Å². The number of ether oxygens (including phenoxy) is 4. The van der Waals surface area contributed by atoms with Crippen molar-refractivity contribution >= 4 is 39.5 Å². The molecule has 2 unspecified atom stereocenters. The number of carbonyl (C=O) groups excluding carboxylic acids is 4.